The van der Waals surface area contributed by atoms with Crippen LogP contribution in [0.15, 0.2) is 27.9 Å². The Morgan fingerprint density at radius 2 is 2.09 bits per heavy atom. The van der Waals surface area contributed by atoms with Gasteiger partial charge in [-0.3, -0.25) is 4.79 Å². The molecule has 118 valence electrons. The van der Waals surface area contributed by atoms with Gasteiger partial charge < -0.3 is 5.32 Å². The maximum atomic E-state index is 12.0. The second kappa shape index (κ2) is 7.21. The fourth-order valence-electron chi connectivity index (χ4n) is 1.57. The van der Waals surface area contributed by atoms with Crippen LogP contribution in [0.4, 0.5) is 5.69 Å². The van der Waals surface area contributed by atoms with E-state index < -0.39 is 0 Å². The molecule has 7 heteroatoms. The summed E-state index contributed by atoms with van der Waals surface area (Å²) in [6, 6.07) is 4.97. The zero-order chi connectivity index (χ0) is 16.3. The molecule has 0 bridgehead atoms. The third-order valence-electron chi connectivity index (χ3n) is 2.78. The number of halogens is 2. The maximum absolute atomic E-state index is 12.0. The number of anilines is 1. The Balaban J connectivity index is 1.93. The molecule has 3 nitrogen and oxygen atoms in total. The van der Waals surface area contributed by atoms with Crippen LogP contribution >= 0.6 is 46.3 Å². The molecule has 1 N–H and O–H groups in total. The van der Waals surface area contributed by atoms with Gasteiger partial charge in [0.05, 0.1) is 22.2 Å². The van der Waals surface area contributed by atoms with Crippen molar-refractivity contribution in [3.63, 3.8) is 0 Å². The first kappa shape index (κ1) is 17.6. The molecule has 0 fully saturated rings. The van der Waals surface area contributed by atoms with Gasteiger partial charge in [-0.05, 0) is 18.2 Å². The van der Waals surface area contributed by atoms with Gasteiger partial charge in [0.15, 0.2) is 4.34 Å². The van der Waals surface area contributed by atoms with Gasteiger partial charge in [0.25, 0.3) is 0 Å². The monoisotopic (exact) mass is 374 g/mol. The van der Waals surface area contributed by atoms with Gasteiger partial charge in [-0.1, -0.05) is 55.7 Å². The second-order valence-electron chi connectivity index (χ2n) is 5.71. The molecule has 0 saturated carbocycles. The molecule has 0 aliphatic carbocycles. The lowest BCUT2D eigenvalue weighted by atomic mass is 9.93. The Bertz CT molecular complexity index is 680. The van der Waals surface area contributed by atoms with Gasteiger partial charge in [0.1, 0.15) is 0 Å². The van der Waals surface area contributed by atoms with Crippen LogP contribution in [-0.2, 0) is 10.2 Å². The summed E-state index contributed by atoms with van der Waals surface area (Å²) in [6.07, 6.45) is 0. The quantitative estimate of drug-likeness (QED) is 0.720. The standard InChI is InChI=1S/C15H16Cl2N2OS2/c1-15(2,3)12-7-21-14(19-12)22-8-13(20)18-11-6-9(16)4-5-10(11)17/h4-7H,8H2,1-3H3,(H,18,20). The molecule has 1 amide bonds. The molecular weight excluding hydrogens is 359 g/mol. The van der Waals surface area contributed by atoms with E-state index in [1.807, 2.05) is 5.38 Å². The van der Waals surface area contributed by atoms with Gasteiger partial charge in [-0.2, -0.15) is 0 Å². The lowest BCUT2D eigenvalue weighted by Crippen LogP contribution is -2.14. The first-order valence-electron chi connectivity index (χ1n) is 6.59. The summed E-state index contributed by atoms with van der Waals surface area (Å²) in [7, 11) is 0. The van der Waals surface area contributed by atoms with Crippen molar-refractivity contribution in [3.8, 4) is 0 Å². The highest BCUT2D eigenvalue weighted by atomic mass is 35.5. The molecule has 1 aromatic heterocycles. The van der Waals surface area contributed by atoms with Gasteiger partial charge in [0, 0.05) is 15.8 Å². The Hall–Kier alpha value is -0.750. The van der Waals surface area contributed by atoms with Crippen LogP contribution in [-0.4, -0.2) is 16.6 Å². The SMILES string of the molecule is CC(C)(C)c1csc(SCC(=O)Nc2cc(Cl)ccc2Cl)n1. The van der Waals surface area contributed by atoms with Crippen molar-refractivity contribution in [1.29, 1.82) is 0 Å². The molecule has 0 spiro atoms. The summed E-state index contributed by atoms with van der Waals surface area (Å²) < 4.78 is 0.886. The first-order valence-corrected chi connectivity index (χ1v) is 9.21. The Labute approximate surface area is 148 Å². The van der Waals surface area contributed by atoms with E-state index in [0.29, 0.717) is 15.7 Å². The molecule has 1 aromatic carbocycles. The molecule has 0 aliphatic rings. The average Bonchev–Trinajstić information content (AvgIpc) is 2.89. The number of amides is 1. The van der Waals surface area contributed by atoms with Crippen molar-refractivity contribution in [2.24, 2.45) is 0 Å². The number of nitrogens with zero attached hydrogens (tertiary/aromatic N) is 1. The van der Waals surface area contributed by atoms with Gasteiger partial charge >= 0.3 is 0 Å². The number of carbonyl (C=O) groups is 1. The van der Waals surface area contributed by atoms with E-state index in [-0.39, 0.29) is 17.1 Å². The van der Waals surface area contributed by atoms with Crippen molar-refractivity contribution in [1.82, 2.24) is 4.98 Å². The van der Waals surface area contributed by atoms with E-state index in [1.54, 1.807) is 29.5 Å². The number of rotatable bonds is 4. The highest BCUT2D eigenvalue weighted by Gasteiger charge is 2.18. The van der Waals surface area contributed by atoms with Crippen LogP contribution in [0.2, 0.25) is 10.0 Å². The zero-order valence-corrected chi connectivity index (χ0v) is 15.6. The third-order valence-corrected chi connectivity index (χ3v) is 5.37. The van der Waals surface area contributed by atoms with Crippen LogP contribution in [0.5, 0.6) is 0 Å². The molecule has 22 heavy (non-hydrogen) atoms. The molecule has 0 unspecified atom stereocenters. The molecule has 0 radical (unpaired) electrons. The molecule has 0 atom stereocenters. The lowest BCUT2D eigenvalue weighted by molar-refractivity contribution is -0.113. The van der Waals surface area contributed by atoms with E-state index in [9.17, 15) is 4.79 Å². The Kier molecular flexibility index (Phi) is 5.77. The zero-order valence-electron chi connectivity index (χ0n) is 12.4. The van der Waals surface area contributed by atoms with E-state index in [2.05, 4.69) is 31.1 Å². The van der Waals surface area contributed by atoms with Crippen LogP contribution < -0.4 is 5.32 Å². The third kappa shape index (κ3) is 4.88. The van der Waals surface area contributed by atoms with Crippen molar-refractivity contribution in [2.75, 3.05) is 11.1 Å². The molecule has 2 rings (SSSR count). The Morgan fingerprint density at radius 1 is 1.36 bits per heavy atom. The summed E-state index contributed by atoms with van der Waals surface area (Å²) >= 11 is 14.9. The summed E-state index contributed by atoms with van der Waals surface area (Å²) in [5, 5.41) is 5.79. The molecular formula is C15H16Cl2N2OS2. The van der Waals surface area contributed by atoms with Crippen LogP contribution in [0, 0.1) is 0 Å². The van der Waals surface area contributed by atoms with Crippen molar-refractivity contribution in [3.05, 3.63) is 39.3 Å². The van der Waals surface area contributed by atoms with Crippen LogP contribution in [0.25, 0.3) is 0 Å². The maximum Gasteiger partial charge on any atom is 0.234 e. The number of nitrogens with one attached hydrogen (secondary N) is 1. The fourth-order valence-corrected chi connectivity index (χ4v) is 3.76. The van der Waals surface area contributed by atoms with Gasteiger partial charge in [-0.25, -0.2) is 4.98 Å². The number of thioether (sulfide) groups is 1. The number of hydrogen-bond acceptors (Lipinski definition) is 4. The van der Waals surface area contributed by atoms with E-state index >= 15 is 0 Å². The largest absolute Gasteiger partial charge is 0.324 e. The topological polar surface area (TPSA) is 42.0 Å². The number of thiazole rings is 1. The van der Waals surface area contributed by atoms with Crippen molar-refractivity contribution >= 4 is 57.9 Å². The minimum atomic E-state index is -0.137. The van der Waals surface area contributed by atoms with Gasteiger partial charge in [0.2, 0.25) is 5.91 Å². The van der Waals surface area contributed by atoms with Gasteiger partial charge in [-0.15, -0.1) is 11.3 Å². The fraction of sp³-hybridized carbons (Fsp3) is 0.333. The molecule has 1 heterocycles. The van der Waals surface area contributed by atoms with E-state index in [0.717, 1.165) is 10.0 Å². The smallest absolute Gasteiger partial charge is 0.234 e. The van der Waals surface area contributed by atoms with E-state index in [4.69, 9.17) is 23.2 Å². The van der Waals surface area contributed by atoms with Crippen LogP contribution in [0.1, 0.15) is 26.5 Å². The summed E-state index contributed by atoms with van der Waals surface area (Å²) in [5.41, 5.74) is 1.58. The highest BCUT2D eigenvalue weighted by Crippen LogP contribution is 2.30. The van der Waals surface area contributed by atoms with Crippen molar-refractivity contribution < 1.29 is 4.79 Å². The predicted molar refractivity (Wildman–Crippen MR) is 96.6 cm³/mol. The lowest BCUT2D eigenvalue weighted by Gasteiger charge is -2.14. The highest BCUT2D eigenvalue weighted by molar-refractivity contribution is 8.01. The predicted octanol–water partition coefficient (Wildman–Crippen LogP) is 5.48. The normalized spacial score (nSPS) is 11.5. The number of aromatic nitrogens is 1. The minimum Gasteiger partial charge on any atom is -0.324 e. The second-order valence-corrected chi connectivity index (χ2v) is 8.63. The summed E-state index contributed by atoms with van der Waals surface area (Å²) in [4.78, 5) is 16.5. The first-order chi connectivity index (χ1) is 10.3. The Morgan fingerprint density at radius 3 is 2.73 bits per heavy atom. The number of carbonyl (C=O) groups excluding carboxylic acids is 1. The van der Waals surface area contributed by atoms with Crippen LogP contribution in [0.3, 0.4) is 0 Å². The van der Waals surface area contributed by atoms with Crippen molar-refractivity contribution in [2.45, 2.75) is 30.5 Å². The minimum absolute atomic E-state index is 0.0197. The molecule has 0 aliphatic heterocycles. The van der Waals surface area contributed by atoms with E-state index in [1.165, 1.54) is 11.8 Å². The summed E-state index contributed by atoms with van der Waals surface area (Å²) in [6.45, 7) is 6.35. The summed E-state index contributed by atoms with van der Waals surface area (Å²) in [5.74, 6) is 0.140. The molecule has 2 aromatic rings. The molecule has 0 saturated heterocycles. The average molecular weight is 375 g/mol. The number of benzene rings is 1. The number of hydrogen-bond donors (Lipinski definition) is 1.